The zero-order valence-corrected chi connectivity index (χ0v) is 15.2. The number of nitrogens with zero attached hydrogens (tertiary/aromatic N) is 3. The van der Waals surface area contributed by atoms with Gasteiger partial charge in [0.2, 0.25) is 5.91 Å². The monoisotopic (exact) mass is 366 g/mol. The first-order valence-electron chi connectivity index (χ1n) is 9.10. The molecule has 0 spiro atoms. The predicted molar refractivity (Wildman–Crippen MR) is 100 cm³/mol. The number of aromatic nitrogens is 3. The van der Waals surface area contributed by atoms with Crippen molar-refractivity contribution in [3.8, 4) is 11.5 Å². The number of nitrogens with one attached hydrogen (secondary N) is 1. The third-order valence-electron chi connectivity index (χ3n) is 4.81. The summed E-state index contributed by atoms with van der Waals surface area (Å²) in [4.78, 5) is 12.5. The minimum absolute atomic E-state index is 0.0228. The maximum atomic E-state index is 12.5. The number of aryl methyl sites for hydroxylation is 1. The molecule has 1 aromatic carbocycles. The summed E-state index contributed by atoms with van der Waals surface area (Å²) in [7, 11) is 1.63. The molecule has 7 heteroatoms. The topological polar surface area (TPSA) is 77.8 Å². The molecule has 1 atom stereocenters. The van der Waals surface area contributed by atoms with E-state index in [1.165, 1.54) is 0 Å². The number of hydrogen-bond acceptors (Lipinski definition) is 5. The molecule has 0 saturated heterocycles. The van der Waals surface area contributed by atoms with E-state index in [4.69, 9.17) is 9.47 Å². The zero-order valence-electron chi connectivity index (χ0n) is 15.2. The molecule has 0 fully saturated rings. The summed E-state index contributed by atoms with van der Waals surface area (Å²) in [6.45, 7) is 1.00. The van der Waals surface area contributed by atoms with Gasteiger partial charge in [0.25, 0.3) is 0 Å². The van der Waals surface area contributed by atoms with Crippen LogP contribution in [0.5, 0.6) is 11.5 Å². The molecule has 0 saturated carbocycles. The number of methoxy groups -OCH3 is 1. The maximum Gasteiger partial charge on any atom is 0.226 e. The van der Waals surface area contributed by atoms with Gasteiger partial charge in [-0.25, -0.2) is 0 Å². The SMILES string of the molecule is COc1ccc2c(c1)C[C@@H](C(=O)NCCCc1nnc3ccccn13)CO2. The first-order chi connectivity index (χ1) is 13.2. The molecule has 3 aromatic rings. The molecule has 27 heavy (non-hydrogen) atoms. The predicted octanol–water partition coefficient (Wildman–Crippen LogP) is 2.04. The van der Waals surface area contributed by atoms with Gasteiger partial charge in [0, 0.05) is 19.2 Å². The van der Waals surface area contributed by atoms with Crippen molar-refractivity contribution in [2.75, 3.05) is 20.3 Å². The van der Waals surface area contributed by atoms with E-state index in [0.29, 0.717) is 19.6 Å². The van der Waals surface area contributed by atoms with Crippen molar-refractivity contribution in [3.05, 3.63) is 54.0 Å². The molecule has 4 rings (SSSR count). The number of carbonyl (C=O) groups is 1. The molecular formula is C20H22N4O3. The fourth-order valence-corrected chi connectivity index (χ4v) is 3.33. The Kier molecular flexibility index (Phi) is 4.91. The van der Waals surface area contributed by atoms with Gasteiger partial charge < -0.3 is 14.8 Å². The van der Waals surface area contributed by atoms with Gasteiger partial charge in [-0.3, -0.25) is 9.20 Å². The summed E-state index contributed by atoms with van der Waals surface area (Å²) in [5, 5.41) is 11.4. The fourth-order valence-electron chi connectivity index (χ4n) is 3.33. The standard InChI is InChI=1S/C20H22N4O3/c1-26-16-7-8-17-14(12-16)11-15(13-27-17)20(25)21-9-4-6-19-23-22-18-5-2-3-10-24(18)19/h2-3,5,7-8,10,12,15H,4,6,9,11,13H2,1H3,(H,21,25)/t15-/m1/s1. The molecule has 0 aliphatic carbocycles. The van der Waals surface area contributed by atoms with Crippen LogP contribution in [0.15, 0.2) is 42.6 Å². The number of pyridine rings is 1. The van der Waals surface area contributed by atoms with E-state index in [0.717, 1.165) is 41.4 Å². The van der Waals surface area contributed by atoms with E-state index >= 15 is 0 Å². The molecule has 3 heterocycles. The van der Waals surface area contributed by atoms with E-state index in [1.54, 1.807) is 7.11 Å². The van der Waals surface area contributed by atoms with Gasteiger partial charge in [-0.15, -0.1) is 10.2 Å². The normalized spacial score (nSPS) is 15.8. The van der Waals surface area contributed by atoms with Crippen LogP contribution in [-0.2, 0) is 17.6 Å². The lowest BCUT2D eigenvalue weighted by atomic mass is 9.95. The van der Waals surface area contributed by atoms with Crippen LogP contribution in [0.1, 0.15) is 17.8 Å². The Morgan fingerprint density at radius 3 is 3.15 bits per heavy atom. The molecule has 0 radical (unpaired) electrons. The number of hydrogen-bond donors (Lipinski definition) is 1. The van der Waals surface area contributed by atoms with Crippen LogP contribution in [0.4, 0.5) is 0 Å². The summed E-state index contributed by atoms with van der Waals surface area (Å²) < 4.78 is 13.0. The highest BCUT2D eigenvalue weighted by atomic mass is 16.5. The van der Waals surface area contributed by atoms with E-state index < -0.39 is 0 Å². The average Bonchev–Trinajstić information content (AvgIpc) is 3.13. The summed E-state index contributed by atoms with van der Waals surface area (Å²) >= 11 is 0. The summed E-state index contributed by atoms with van der Waals surface area (Å²) in [5.41, 5.74) is 1.85. The second kappa shape index (κ2) is 7.65. The molecule has 1 aliphatic heterocycles. The van der Waals surface area contributed by atoms with Crippen LogP contribution in [0, 0.1) is 5.92 Å². The zero-order chi connectivity index (χ0) is 18.6. The summed E-state index contributed by atoms with van der Waals surface area (Å²) in [6.07, 6.45) is 4.17. The van der Waals surface area contributed by atoms with E-state index in [1.807, 2.05) is 47.0 Å². The van der Waals surface area contributed by atoms with E-state index in [9.17, 15) is 4.79 Å². The third kappa shape index (κ3) is 3.72. The number of fused-ring (bicyclic) bond motifs is 2. The number of amides is 1. The Balaban J connectivity index is 1.28. The van der Waals surface area contributed by atoms with E-state index in [-0.39, 0.29) is 11.8 Å². The lowest BCUT2D eigenvalue weighted by molar-refractivity contribution is -0.126. The number of carbonyl (C=O) groups excluding carboxylic acids is 1. The van der Waals surface area contributed by atoms with Crippen LogP contribution >= 0.6 is 0 Å². The lowest BCUT2D eigenvalue weighted by Crippen LogP contribution is -2.37. The molecule has 1 N–H and O–H groups in total. The second-order valence-corrected chi connectivity index (χ2v) is 6.63. The molecule has 2 aromatic heterocycles. The van der Waals surface area contributed by atoms with Gasteiger partial charge in [0.05, 0.1) is 13.0 Å². The number of ether oxygens (including phenoxy) is 2. The highest BCUT2D eigenvalue weighted by Crippen LogP contribution is 2.30. The highest BCUT2D eigenvalue weighted by Gasteiger charge is 2.26. The van der Waals surface area contributed by atoms with Crippen LogP contribution < -0.4 is 14.8 Å². The van der Waals surface area contributed by atoms with Gasteiger partial charge >= 0.3 is 0 Å². The molecule has 140 valence electrons. The van der Waals surface area contributed by atoms with Gasteiger partial charge in [0.1, 0.15) is 23.9 Å². The van der Waals surface area contributed by atoms with Crippen LogP contribution in [0.25, 0.3) is 5.65 Å². The van der Waals surface area contributed by atoms with Crippen molar-refractivity contribution >= 4 is 11.6 Å². The van der Waals surface area contributed by atoms with Crippen LogP contribution in [0.2, 0.25) is 0 Å². The van der Waals surface area contributed by atoms with Gasteiger partial charge in [0.15, 0.2) is 5.65 Å². The fraction of sp³-hybridized carbons (Fsp3) is 0.350. The Morgan fingerprint density at radius 2 is 2.26 bits per heavy atom. The van der Waals surface area contributed by atoms with Crippen LogP contribution in [-0.4, -0.2) is 40.8 Å². The molecule has 1 amide bonds. The molecule has 0 bridgehead atoms. The third-order valence-corrected chi connectivity index (χ3v) is 4.81. The number of rotatable bonds is 6. The largest absolute Gasteiger partial charge is 0.497 e. The molecule has 0 unspecified atom stereocenters. The van der Waals surface area contributed by atoms with Gasteiger partial charge in [-0.1, -0.05) is 6.07 Å². The highest BCUT2D eigenvalue weighted by molar-refractivity contribution is 5.79. The summed E-state index contributed by atoms with van der Waals surface area (Å²) in [5.74, 6) is 2.35. The van der Waals surface area contributed by atoms with Gasteiger partial charge in [-0.2, -0.15) is 0 Å². The molecule has 7 nitrogen and oxygen atoms in total. The van der Waals surface area contributed by atoms with Gasteiger partial charge in [-0.05, 0) is 48.7 Å². The van der Waals surface area contributed by atoms with Crippen molar-refractivity contribution in [1.82, 2.24) is 19.9 Å². The Morgan fingerprint density at radius 1 is 1.33 bits per heavy atom. The lowest BCUT2D eigenvalue weighted by Gasteiger charge is -2.25. The van der Waals surface area contributed by atoms with Crippen molar-refractivity contribution < 1.29 is 14.3 Å². The second-order valence-electron chi connectivity index (χ2n) is 6.63. The Hall–Kier alpha value is -3.09. The Labute approximate surface area is 157 Å². The number of benzene rings is 1. The van der Waals surface area contributed by atoms with Crippen molar-refractivity contribution in [2.24, 2.45) is 5.92 Å². The molecule has 1 aliphatic rings. The Bertz CT molecular complexity index is 953. The minimum atomic E-state index is -0.182. The first-order valence-corrected chi connectivity index (χ1v) is 9.10. The minimum Gasteiger partial charge on any atom is -0.497 e. The van der Waals surface area contributed by atoms with Crippen LogP contribution in [0.3, 0.4) is 0 Å². The maximum absolute atomic E-state index is 12.5. The van der Waals surface area contributed by atoms with E-state index in [2.05, 4.69) is 15.5 Å². The average molecular weight is 366 g/mol. The quantitative estimate of drug-likeness (QED) is 0.676. The smallest absolute Gasteiger partial charge is 0.226 e. The van der Waals surface area contributed by atoms with Crippen molar-refractivity contribution in [3.63, 3.8) is 0 Å². The molecular weight excluding hydrogens is 344 g/mol. The first kappa shape index (κ1) is 17.3. The van der Waals surface area contributed by atoms with Crippen molar-refractivity contribution in [2.45, 2.75) is 19.3 Å². The summed E-state index contributed by atoms with van der Waals surface area (Å²) in [6, 6.07) is 11.5. The van der Waals surface area contributed by atoms with Crippen molar-refractivity contribution in [1.29, 1.82) is 0 Å².